The molecule has 0 aliphatic carbocycles. The van der Waals surface area contributed by atoms with Gasteiger partial charge < -0.3 is 14.8 Å². The van der Waals surface area contributed by atoms with Gasteiger partial charge in [-0.05, 0) is 45.9 Å². The van der Waals surface area contributed by atoms with E-state index in [0.717, 1.165) is 11.8 Å². The highest BCUT2D eigenvalue weighted by Gasteiger charge is 2.26. The quantitative estimate of drug-likeness (QED) is 0.688. The molecule has 1 N–H and O–H groups in total. The van der Waals surface area contributed by atoms with Gasteiger partial charge in [-0.25, -0.2) is 9.59 Å². The fourth-order valence-corrected chi connectivity index (χ4v) is 3.12. The highest BCUT2D eigenvalue weighted by atomic mass is 35.5. The van der Waals surface area contributed by atoms with Crippen molar-refractivity contribution in [1.29, 1.82) is 0 Å². The van der Waals surface area contributed by atoms with Gasteiger partial charge in [0.05, 0.1) is 6.61 Å². The smallest absolute Gasteiger partial charge is 0.408 e. The van der Waals surface area contributed by atoms with Crippen molar-refractivity contribution in [2.75, 3.05) is 12.4 Å². The number of halogens is 2. The van der Waals surface area contributed by atoms with Crippen LogP contribution in [0.15, 0.2) is 18.2 Å². The second kappa shape index (κ2) is 10.0. The summed E-state index contributed by atoms with van der Waals surface area (Å²) in [5.74, 6) is -0.677. The topological polar surface area (TPSA) is 81.7 Å². The molecule has 26 heavy (non-hydrogen) atoms. The molecule has 0 heterocycles. The van der Waals surface area contributed by atoms with Crippen LogP contribution in [0.2, 0.25) is 10.0 Å². The molecule has 1 rings (SSSR count). The van der Waals surface area contributed by atoms with Crippen molar-refractivity contribution >= 4 is 52.1 Å². The van der Waals surface area contributed by atoms with Crippen molar-refractivity contribution in [3.8, 4) is 0 Å². The van der Waals surface area contributed by atoms with Crippen LogP contribution in [0, 0.1) is 0 Å². The van der Waals surface area contributed by atoms with Gasteiger partial charge in [0.25, 0.3) is 0 Å². The molecule has 9 heteroatoms. The van der Waals surface area contributed by atoms with Crippen LogP contribution in [0.4, 0.5) is 4.79 Å². The van der Waals surface area contributed by atoms with E-state index in [1.165, 1.54) is 18.2 Å². The molecule has 144 valence electrons. The average molecular weight is 422 g/mol. The number of nitrogens with one attached hydrogen (secondary N) is 1. The molecule has 0 fully saturated rings. The molecule has 1 atom stereocenters. The van der Waals surface area contributed by atoms with Gasteiger partial charge in [0.1, 0.15) is 11.6 Å². The molecular weight excluding hydrogens is 401 g/mol. The van der Waals surface area contributed by atoms with Crippen LogP contribution >= 0.6 is 35.0 Å². The molecule has 0 aromatic heterocycles. The second-order valence-electron chi connectivity index (χ2n) is 6.21. The summed E-state index contributed by atoms with van der Waals surface area (Å²) < 4.78 is 10.1. The van der Waals surface area contributed by atoms with Crippen LogP contribution in [-0.2, 0) is 14.3 Å². The number of esters is 1. The van der Waals surface area contributed by atoms with Crippen molar-refractivity contribution in [2.45, 2.75) is 39.3 Å². The number of ether oxygens (including phenoxy) is 2. The number of carbonyl (C=O) groups excluding carboxylic acids is 3. The van der Waals surface area contributed by atoms with E-state index >= 15 is 0 Å². The normalized spacial score (nSPS) is 12.2. The third kappa shape index (κ3) is 8.29. The van der Waals surface area contributed by atoms with Crippen molar-refractivity contribution in [3.63, 3.8) is 0 Å². The molecule has 1 amide bonds. The summed E-state index contributed by atoms with van der Waals surface area (Å²) in [5.41, 5.74) is -0.420. The first-order chi connectivity index (χ1) is 12.0. The summed E-state index contributed by atoms with van der Waals surface area (Å²) in [6.07, 6.45) is -0.769. The number of thioether (sulfide) groups is 1. The first kappa shape index (κ1) is 22.6. The number of carbonyl (C=O) groups is 3. The summed E-state index contributed by atoms with van der Waals surface area (Å²) in [5, 5.41) is 2.75. The Morgan fingerprint density at radius 2 is 1.73 bits per heavy atom. The molecule has 0 bridgehead atoms. The van der Waals surface area contributed by atoms with Gasteiger partial charge >= 0.3 is 12.1 Å². The number of amides is 1. The van der Waals surface area contributed by atoms with Crippen LogP contribution in [0.5, 0.6) is 0 Å². The lowest BCUT2D eigenvalue weighted by atomic mass is 10.2. The minimum atomic E-state index is -1.03. The number of hydrogen-bond donors (Lipinski definition) is 1. The Morgan fingerprint density at radius 3 is 2.23 bits per heavy atom. The molecule has 0 aliphatic heterocycles. The summed E-state index contributed by atoms with van der Waals surface area (Å²) in [4.78, 5) is 36.3. The van der Waals surface area contributed by atoms with E-state index in [1.54, 1.807) is 27.7 Å². The van der Waals surface area contributed by atoms with Gasteiger partial charge in [-0.2, -0.15) is 0 Å². The van der Waals surface area contributed by atoms with Gasteiger partial charge in [-0.15, -0.1) is 0 Å². The zero-order valence-electron chi connectivity index (χ0n) is 14.9. The molecule has 0 radical (unpaired) electrons. The summed E-state index contributed by atoms with van der Waals surface area (Å²) in [6.45, 7) is 6.90. The Labute approximate surface area is 166 Å². The first-order valence-corrected chi connectivity index (χ1v) is 9.55. The number of benzene rings is 1. The maximum atomic E-state index is 12.3. The lowest BCUT2D eigenvalue weighted by Gasteiger charge is -2.22. The van der Waals surface area contributed by atoms with Gasteiger partial charge in [0.2, 0.25) is 5.12 Å². The third-order valence-corrected chi connectivity index (χ3v) is 4.18. The highest BCUT2D eigenvalue weighted by Crippen LogP contribution is 2.23. The van der Waals surface area contributed by atoms with E-state index in [9.17, 15) is 14.4 Å². The second-order valence-corrected chi connectivity index (χ2v) is 8.07. The minimum absolute atomic E-state index is 0.0267. The highest BCUT2D eigenvalue weighted by molar-refractivity contribution is 8.14. The SMILES string of the molecule is CCOC(=O)[C@H](CSC(=O)c1cc(Cl)cc(Cl)c1)NC(=O)OC(C)(C)C. The van der Waals surface area contributed by atoms with E-state index in [4.69, 9.17) is 32.7 Å². The van der Waals surface area contributed by atoms with Crippen molar-refractivity contribution < 1.29 is 23.9 Å². The Balaban J connectivity index is 2.77. The van der Waals surface area contributed by atoms with Crippen LogP contribution in [-0.4, -0.2) is 41.2 Å². The molecule has 0 saturated heterocycles. The van der Waals surface area contributed by atoms with Gasteiger partial charge in [-0.1, -0.05) is 35.0 Å². The Morgan fingerprint density at radius 1 is 1.15 bits per heavy atom. The molecule has 0 unspecified atom stereocenters. The number of rotatable bonds is 6. The van der Waals surface area contributed by atoms with E-state index in [2.05, 4.69) is 5.32 Å². The maximum absolute atomic E-state index is 12.3. The molecule has 6 nitrogen and oxygen atoms in total. The summed E-state index contributed by atoms with van der Waals surface area (Å²) in [6, 6.07) is 3.43. The van der Waals surface area contributed by atoms with E-state index in [-0.39, 0.29) is 17.5 Å². The molecule has 1 aromatic rings. The van der Waals surface area contributed by atoms with Gasteiger partial charge in [0.15, 0.2) is 0 Å². The lowest BCUT2D eigenvalue weighted by molar-refractivity contribution is -0.144. The largest absolute Gasteiger partial charge is 0.464 e. The number of alkyl carbamates (subject to hydrolysis) is 1. The average Bonchev–Trinajstić information content (AvgIpc) is 2.48. The van der Waals surface area contributed by atoms with Crippen LogP contribution in [0.3, 0.4) is 0 Å². The zero-order chi connectivity index (χ0) is 19.9. The molecule has 0 saturated carbocycles. The van der Waals surface area contributed by atoms with Crippen LogP contribution in [0.25, 0.3) is 0 Å². The Hall–Kier alpha value is -1.44. The van der Waals surface area contributed by atoms with Gasteiger partial charge in [-0.3, -0.25) is 4.79 Å². The van der Waals surface area contributed by atoms with E-state index in [0.29, 0.717) is 15.6 Å². The predicted molar refractivity (Wildman–Crippen MR) is 103 cm³/mol. The fraction of sp³-hybridized carbons (Fsp3) is 0.471. The van der Waals surface area contributed by atoms with Crippen molar-refractivity contribution in [2.24, 2.45) is 0 Å². The molecule has 0 aliphatic rings. The maximum Gasteiger partial charge on any atom is 0.408 e. The minimum Gasteiger partial charge on any atom is -0.464 e. The predicted octanol–water partition coefficient (Wildman–Crippen LogP) is 4.32. The van der Waals surface area contributed by atoms with E-state index < -0.39 is 23.7 Å². The van der Waals surface area contributed by atoms with E-state index in [1.807, 2.05) is 0 Å². The van der Waals surface area contributed by atoms with Crippen molar-refractivity contribution in [1.82, 2.24) is 5.32 Å². The summed E-state index contributed by atoms with van der Waals surface area (Å²) >= 11 is 12.6. The van der Waals surface area contributed by atoms with Crippen molar-refractivity contribution in [3.05, 3.63) is 33.8 Å². The standard InChI is InChI=1S/C17H21Cl2NO5S/c1-5-24-14(21)13(20-16(23)25-17(2,3)4)9-26-15(22)10-6-11(18)8-12(19)7-10/h6-8,13H,5,9H2,1-4H3,(H,20,23)/t13-/m0/s1. The monoisotopic (exact) mass is 421 g/mol. The van der Waals surface area contributed by atoms with Gasteiger partial charge in [0, 0.05) is 21.4 Å². The Kier molecular flexibility index (Phi) is 8.73. The molecular formula is C17H21Cl2NO5S. The molecule has 0 spiro atoms. The first-order valence-electron chi connectivity index (χ1n) is 7.81. The van der Waals surface area contributed by atoms with Crippen LogP contribution in [0.1, 0.15) is 38.1 Å². The third-order valence-electron chi connectivity index (χ3n) is 2.74. The van der Waals surface area contributed by atoms with Crippen LogP contribution < -0.4 is 5.32 Å². The summed E-state index contributed by atoms with van der Waals surface area (Å²) in [7, 11) is 0. The zero-order valence-corrected chi connectivity index (χ0v) is 17.3. The fourth-order valence-electron chi connectivity index (χ4n) is 1.78. The lowest BCUT2D eigenvalue weighted by Crippen LogP contribution is -2.46. The Bertz CT molecular complexity index is 655. The molecule has 1 aromatic carbocycles. The number of hydrogen-bond acceptors (Lipinski definition) is 6.